The minimum Gasteiger partial charge on any atom is -0.308 e. The molecule has 13 heavy (non-hydrogen) atoms. The first-order valence-corrected chi connectivity index (χ1v) is 4.34. The molecule has 1 aromatic rings. The summed E-state index contributed by atoms with van der Waals surface area (Å²) in [7, 11) is 0. The third-order valence-electron chi connectivity index (χ3n) is 1.67. The topological polar surface area (TPSA) is 36.7 Å². The number of allylic oxidation sites excluding steroid dienone is 2. The summed E-state index contributed by atoms with van der Waals surface area (Å²) in [4.78, 5) is 4.00. The number of aromatic nitrogens is 1. The van der Waals surface area contributed by atoms with E-state index in [1.165, 1.54) is 6.21 Å². The third-order valence-corrected chi connectivity index (χ3v) is 1.67. The molecule has 0 atom stereocenters. The van der Waals surface area contributed by atoms with Crippen LogP contribution in [0.5, 0.6) is 0 Å². The summed E-state index contributed by atoms with van der Waals surface area (Å²) in [5.74, 6) is 0. The highest BCUT2D eigenvalue weighted by Gasteiger charge is 1.96. The van der Waals surface area contributed by atoms with Gasteiger partial charge in [-0.3, -0.25) is 0 Å². The van der Waals surface area contributed by atoms with Crippen LogP contribution < -0.4 is 0 Å². The zero-order valence-corrected chi connectivity index (χ0v) is 7.67. The van der Waals surface area contributed by atoms with Gasteiger partial charge in [0, 0.05) is 18.0 Å². The van der Waals surface area contributed by atoms with Crippen LogP contribution in [0.4, 0.5) is 0 Å². The van der Waals surface area contributed by atoms with Crippen molar-refractivity contribution < 1.29 is 0 Å². The van der Waals surface area contributed by atoms with Gasteiger partial charge in [-0.15, -0.1) is 0 Å². The lowest BCUT2D eigenvalue weighted by atomic mass is 10.1. The maximum Gasteiger partial charge on any atom is 0.0827 e. The zero-order valence-electron chi connectivity index (χ0n) is 7.67. The van der Waals surface area contributed by atoms with Gasteiger partial charge >= 0.3 is 0 Å². The molecule has 0 aromatic carbocycles. The minimum absolute atomic E-state index is 0.794. The average Bonchev–Trinajstić information content (AvgIpc) is 2.21. The van der Waals surface area contributed by atoms with Gasteiger partial charge in [-0.25, -0.2) is 0 Å². The van der Waals surface area contributed by atoms with Gasteiger partial charge in [0.1, 0.15) is 0 Å². The van der Waals surface area contributed by atoms with Crippen molar-refractivity contribution in [1.29, 1.82) is 5.41 Å². The van der Waals surface area contributed by atoms with Crippen molar-refractivity contribution >= 4 is 11.8 Å². The van der Waals surface area contributed by atoms with Crippen LogP contribution in [0.1, 0.15) is 25.5 Å². The van der Waals surface area contributed by atoms with Gasteiger partial charge in [0.25, 0.3) is 0 Å². The molecule has 1 heterocycles. The Morgan fingerprint density at radius 3 is 3.08 bits per heavy atom. The Balaban J connectivity index is 2.84. The van der Waals surface area contributed by atoms with E-state index < -0.39 is 0 Å². The smallest absolute Gasteiger partial charge is 0.0827 e. The molecule has 0 aliphatic rings. The van der Waals surface area contributed by atoms with E-state index in [-0.39, 0.29) is 0 Å². The summed E-state index contributed by atoms with van der Waals surface area (Å²) >= 11 is 0. The molecule has 1 rings (SSSR count). The molecule has 0 radical (unpaired) electrons. The van der Waals surface area contributed by atoms with Crippen LogP contribution in [0, 0.1) is 17.7 Å². The predicted molar refractivity (Wildman–Crippen MR) is 53.6 cm³/mol. The second-order valence-electron chi connectivity index (χ2n) is 2.68. The van der Waals surface area contributed by atoms with Gasteiger partial charge in [-0.2, -0.15) is 4.98 Å². The lowest BCUT2D eigenvalue weighted by Crippen LogP contribution is -1.87. The maximum absolute atomic E-state index is 7.22. The lowest BCUT2D eigenvalue weighted by Gasteiger charge is -1.96. The number of nitrogens with zero attached hydrogens (tertiary/aromatic N) is 1. The van der Waals surface area contributed by atoms with E-state index in [4.69, 9.17) is 5.41 Å². The van der Waals surface area contributed by atoms with E-state index in [1.54, 1.807) is 6.07 Å². The highest BCUT2D eigenvalue weighted by atomic mass is 14.7. The van der Waals surface area contributed by atoms with Crippen molar-refractivity contribution in [2.24, 2.45) is 0 Å². The van der Waals surface area contributed by atoms with Gasteiger partial charge in [-0.05, 0) is 24.6 Å². The summed E-state index contributed by atoms with van der Waals surface area (Å²) in [5.41, 5.74) is 1.65. The van der Waals surface area contributed by atoms with E-state index in [0.29, 0.717) is 0 Å². The van der Waals surface area contributed by atoms with Crippen LogP contribution in [0.2, 0.25) is 0 Å². The second-order valence-corrected chi connectivity index (χ2v) is 2.68. The monoisotopic (exact) mass is 172 g/mol. The molecule has 0 saturated carbocycles. The Hall–Kier alpha value is -1.62. The lowest BCUT2D eigenvalue weighted by molar-refractivity contribution is 0.960. The minimum atomic E-state index is 0.794. The van der Waals surface area contributed by atoms with E-state index in [1.807, 2.05) is 12.1 Å². The highest BCUT2D eigenvalue weighted by Crippen LogP contribution is 2.08. The molecule has 0 unspecified atom stereocenters. The van der Waals surface area contributed by atoms with Gasteiger partial charge < -0.3 is 5.41 Å². The average molecular weight is 172 g/mol. The van der Waals surface area contributed by atoms with E-state index in [2.05, 4.69) is 24.2 Å². The molecule has 0 amide bonds. The molecule has 2 nitrogen and oxygen atoms in total. The zero-order chi connectivity index (χ0) is 9.52. The summed E-state index contributed by atoms with van der Waals surface area (Å²) in [6, 6.07) is 6.32. The van der Waals surface area contributed by atoms with Crippen LogP contribution in [0.3, 0.4) is 0 Å². The summed E-state index contributed by atoms with van der Waals surface area (Å²) < 4.78 is 0. The molecular formula is C11H12N2. The van der Waals surface area contributed by atoms with E-state index in [9.17, 15) is 0 Å². The third kappa shape index (κ3) is 2.72. The molecule has 0 aliphatic heterocycles. The fourth-order valence-electron chi connectivity index (χ4n) is 0.986. The molecule has 0 aliphatic carbocycles. The number of nitrogens with one attached hydrogen (secondary N) is 1. The highest BCUT2D eigenvalue weighted by molar-refractivity contribution is 6.07. The first kappa shape index (κ1) is 9.47. The Bertz CT molecular complexity index is 288. The first-order chi connectivity index (χ1) is 6.38. The van der Waals surface area contributed by atoms with Crippen LogP contribution >= 0.6 is 0 Å². The van der Waals surface area contributed by atoms with Crippen LogP contribution in [-0.2, 0) is 0 Å². The normalized spacial score (nSPS) is 10.7. The summed E-state index contributed by atoms with van der Waals surface area (Å²) in [6.45, 7) is 2.11. The number of unbranched alkanes of at least 4 members (excludes halogenated alkanes) is 1. The molecule has 0 spiro atoms. The number of hydrogen-bond acceptors (Lipinski definition) is 2. The molecule has 1 aromatic heterocycles. The Morgan fingerprint density at radius 2 is 2.54 bits per heavy atom. The fourth-order valence-corrected chi connectivity index (χ4v) is 0.986. The van der Waals surface area contributed by atoms with E-state index in [0.717, 1.165) is 24.1 Å². The van der Waals surface area contributed by atoms with Crippen molar-refractivity contribution in [3.05, 3.63) is 36.2 Å². The predicted octanol–water partition coefficient (Wildman–Crippen LogP) is 2.52. The van der Waals surface area contributed by atoms with Gasteiger partial charge in [0.2, 0.25) is 0 Å². The van der Waals surface area contributed by atoms with Crippen molar-refractivity contribution in [3.8, 4) is 0 Å². The SMILES string of the molecule is CCC/C=C(\C=N)c1ccc#cn1. The Morgan fingerprint density at radius 1 is 1.69 bits per heavy atom. The number of rotatable bonds is 4. The maximum atomic E-state index is 7.22. The van der Waals surface area contributed by atoms with Crippen LogP contribution in [0.15, 0.2) is 18.2 Å². The van der Waals surface area contributed by atoms with Crippen molar-refractivity contribution in [2.45, 2.75) is 19.8 Å². The Kier molecular flexibility index (Phi) is 3.72. The first-order valence-electron chi connectivity index (χ1n) is 4.34. The molecule has 1 N–H and O–H groups in total. The Labute approximate surface area is 78.8 Å². The second kappa shape index (κ2) is 5.10. The molecule has 66 valence electrons. The molecule has 0 bridgehead atoms. The van der Waals surface area contributed by atoms with Crippen LogP contribution in [0.25, 0.3) is 5.57 Å². The molecule has 2 heteroatoms. The van der Waals surface area contributed by atoms with Gasteiger partial charge in [0.15, 0.2) is 0 Å². The fraction of sp³-hybridized carbons (Fsp3) is 0.273. The van der Waals surface area contributed by atoms with Crippen molar-refractivity contribution in [2.75, 3.05) is 0 Å². The van der Waals surface area contributed by atoms with Gasteiger partial charge in [-0.1, -0.05) is 19.4 Å². The summed E-state index contributed by atoms with van der Waals surface area (Å²) in [5, 5.41) is 7.22. The number of hydrogen-bond donors (Lipinski definition) is 1. The van der Waals surface area contributed by atoms with Crippen molar-refractivity contribution in [1.82, 2.24) is 4.98 Å². The largest absolute Gasteiger partial charge is 0.308 e. The van der Waals surface area contributed by atoms with Gasteiger partial charge in [0.05, 0.1) is 5.69 Å². The molecular weight excluding hydrogens is 160 g/mol. The quantitative estimate of drug-likeness (QED) is 0.696. The summed E-state index contributed by atoms with van der Waals surface area (Å²) in [6.07, 6.45) is 8.04. The molecule has 0 saturated heterocycles. The standard InChI is InChI=1S/C11H12N2/c1-2-3-6-10(9-12)11-7-4-5-8-13-11/h4,6-7,9,12H,2-3H2,1H3/b10-6+,12-9?. The van der Waals surface area contributed by atoms with Crippen LogP contribution in [-0.4, -0.2) is 11.2 Å². The van der Waals surface area contributed by atoms with Crippen molar-refractivity contribution in [3.63, 3.8) is 0 Å². The van der Waals surface area contributed by atoms with E-state index >= 15 is 0 Å². The molecule has 0 fully saturated rings.